The Kier molecular flexibility index (Phi) is 5.54. The van der Waals surface area contributed by atoms with Crippen molar-refractivity contribution in [2.24, 2.45) is 11.7 Å². The van der Waals surface area contributed by atoms with Gasteiger partial charge in [0.1, 0.15) is 0 Å². The van der Waals surface area contributed by atoms with Crippen LogP contribution < -0.4 is 5.73 Å². The number of primary amides is 1. The molecule has 0 spiro atoms. The van der Waals surface area contributed by atoms with Crippen molar-refractivity contribution >= 4 is 14.7 Å². The standard InChI is InChI=1S/C10H22N2O4Si/c1-14-17(15-2,16-3)8-12-6-4-5-9(7-12)10(11)13/h9H,4-8H2,1-3H3,(H2,11,13). The van der Waals surface area contributed by atoms with E-state index in [1.54, 1.807) is 21.3 Å². The minimum absolute atomic E-state index is 0.0685. The summed E-state index contributed by atoms with van der Waals surface area (Å²) in [6.45, 7) is 1.59. The first-order valence-corrected chi connectivity index (χ1v) is 7.67. The van der Waals surface area contributed by atoms with Gasteiger partial charge < -0.3 is 19.0 Å². The molecule has 0 aliphatic carbocycles. The summed E-state index contributed by atoms with van der Waals surface area (Å²) in [5, 5.41) is 0. The highest BCUT2D eigenvalue weighted by Crippen LogP contribution is 2.18. The van der Waals surface area contributed by atoms with Gasteiger partial charge in [0.05, 0.1) is 12.1 Å². The van der Waals surface area contributed by atoms with Gasteiger partial charge in [0.25, 0.3) is 0 Å². The number of nitrogens with two attached hydrogens (primary N) is 1. The van der Waals surface area contributed by atoms with Crippen molar-refractivity contribution in [3.8, 4) is 0 Å². The van der Waals surface area contributed by atoms with Gasteiger partial charge in [0.15, 0.2) is 0 Å². The third kappa shape index (κ3) is 3.75. The zero-order valence-electron chi connectivity index (χ0n) is 10.8. The highest BCUT2D eigenvalue weighted by Gasteiger charge is 2.41. The van der Waals surface area contributed by atoms with E-state index in [0.717, 1.165) is 19.4 Å². The fourth-order valence-electron chi connectivity index (χ4n) is 2.15. The summed E-state index contributed by atoms with van der Waals surface area (Å²) in [6, 6.07) is 0. The first-order chi connectivity index (χ1) is 8.06. The second kappa shape index (κ2) is 6.46. The van der Waals surface area contributed by atoms with E-state index in [9.17, 15) is 4.79 Å². The van der Waals surface area contributed by atoms with Crippen LogP contribution in [0.15, 0.2) is 0 Å². The van der Waals surface area contributed by atoms with Crippen molar-refractivity contribution in [2.45, 2.75) is 12.8 Å². The lowest BCUT2D eigenvalue weighted by Gasteiger charge is -2.35. The van der Waals surface area contributed by atoms with Gasteiger partial charge >= 0.3 is 8.80 Å². The molecule has 0 aromatic heterocycles. The van der Waals surface area contributed by atoms with E-state index in [-0.39, 0.29) is 11.8 Å². The van der Waals surface area contributed by atoms with Crippen LogP contribution >= 0.6 is 0 Å². The number of nitrogens with zero attached hydrogens (tertiary/aromatic N) is 1. The quantitative estimate of drug-likeness (QED) is 0.659. The molecule has 0 radical (unpaired) electrons. The van der Waals surface area contributed by atoms with E-state index >= 15 is 0 Å². The van der Waals surface area contributed by atoms with Gasteiger partial charge in [-0.15, -0.1) is 0 Å². The molecule has 1 unspecified atom stereocenters. The van der Waals surface area contributed by atoms with Crippen LogP contribution in [0, 0.1) is 5.92 Å². The maximum absolute atomic E-state index is 11.2. The topological polar surface area (TPSA) is 74.0 Å². The van der Waals surface area contributed by atoms with E-state index in [1.807, 2.05) is 0 Å². The van der Waals surface area contributed by atoms with Crippen molar-refractivity contribution in [3.05, 3.63) is 0 Å². The van der Waals surface area contributed by atoms with E-state index in [4.69, 9.17) is 19.0 Å². The Labute approximate surface area is 103 Å². The zero-order valence-corrected chi connectivity index (χ0v) is 11.8. The summed E-state index contributed by atoms with van der Waals surface area (Å²) in [6.07, 6.45) is 2.43. The lowest BCUT2D eigenvalue weighted by atomic mass is 9.98. The van der Waals surface area contributed by atoms with Crippen LogP contribution in [0.2, 0.25) is 0 Å². The van der Waals surface area contributed by atoms with E-state index < -0.39 is 8.80 Å². The third-order valence-electron chi connectivity index (χ3n) is 3.26. The smallest absolute Gasteiger partial charge is 0.376 e. The molecule has 1 heterocycles. The molecule has 1 aliphatic rings. The van der Waals surface area contributed by atoms with Crippen molar-refractivity contribution in [3.63, 3.8) is 0 Å². The summed E-state index contributed by atoms with van der Waals surface area (Å²) in [5.41, 5.74) is 5.34. The average molecular weight is 262 g/mol. The molecule has 7 heteroatoms. The minimum atomic E-state index is -2.60. The van der Waals surface area contributed by atoms with Gasteiger partial charge in [-0.2, -0.15) is 0 Å². The molecular formula is C10H22N2O4Si. The molecule has 1 fully saturated rings. The molecule has 0 aromatic carbocycles. The zero-order chi connectivity index (χ0) is 12.9. The highest BCUT2D eigenvalue weighted by molar-refractivity contribution is 6.60. The Bertz CT molecular complexity index is 252. The molecular weight excluding hydrogens is 240 g/mol. The number of hydrogen-bond acceptors (Lipinski definition) is 5. The third-order valence-corrected chi connectivity index (χ3v) is 5.96. The monoisotopic (exact) mass is 262 g/mol. The second-order valence-electron chi connectivity index (χ2n) is 4.27. The van der Waals surface area contributed by atoms with Gasteiger partial charge in [-0.25, -0.2) is 0 Å². The molecule has 17 heavy (non-hydrogen) atoms. The molecule has 0 bridgehead atoms. The van der Waals surface area contributed by atoms with Crippen LogP contribution in [0.3, 0.4) is 0 Å². The van der Waals surface area contributed by atoms with Crippen LogP contribution in [0.1, 0.15) is 12.8 Å². The second-order valence-corrected chi connectivity index (χ2v) is 7.18. The van der Waals surface area contributed by atoms with Gasteiger partial charge in [-0.1, -0.05) is 0 Å². The predicted octanol–water partition coefficient (Wildman–Crippen LogP) is -0.399. The number of rotatable bonds is 6. The number of hydrogen-bond donors (Lipinski definition) is 1. The Balaban J connectivity index is 2.58. The predicted molar refractivity (Wildman–Crippen MR) is 65.1 cm³/mol. The SMILES string of the molecule is CO[Si](CN1CCCC(C(N)=O)C1)(OC)OC. The number of piperidine rings is 1. The first kappa shape index (κ1) is 14.6. The van der Waals surface area contributed by atoms with Gasteiger partial charge in [0.2, 0.25) is 5.91 Å². The van der Waals surface area contributed by atoms with Crippen LogP contribution in [-0.4, -0.2) is 60.2 Å². The normalized spacial score (nSPS) is 22.6. The summed E-state index contributed by atoms with van der Waals surface area (Å²) < 4.78 is 16.1. The molecule has 0 saturated carbocycles. The largest absolute Gasteiger partial charge is 0.514 e. The fraction of sp³-hybridized carbons (Fsp3) is 0.900. The maximum atomic E-state index is 11.2. The number of likely N-dealkylation sites (tertiary alicyclic amines) is 1. The molecule has 1 aliphatic heterocycles. The molecule has 1 rings (SSSR count). The number of amides is 1. The molecule has 1 amide bonds. The first-order valence-electron chi connectivity index (χ1n) is 5.74. The Morgan fingerprint density at radius 1 is 1.35 bits per heavy atom. The van der Waals surface area contributed by atoms with Crippen molar-refractivity contribution in [2.75, 3.05) is 40.6 Å². The molecule has 100 valence electrons. The average Bonchev–Trinajstić information content (AvgIpc) is 2.36. The van der Waals surface area contributed by atoms with E-state index in [1.165, 1.54) is 0 Å². The molecule has 2 N–H and O–H groups in total. The lowest BCUT2D eigenvalue weighted by molar-refractivity contribution is -0.123. The minimum Gasteiger partial charge on any atom is -0.376 e. The highest BCUT2D eigenvalue weighted by atomic mass is 28.4. The summed E-state index contributed by atoms with van der Waals surface area (Å²) in [7, 11) is 2.18. The molecule has 1 saturated heterocycles. The number of carbonyl (C=O) groups excluding carboxylic acids is 1. The van der Waals surface area contributed by atoms with E-state index in [2.05, 4.69) is 4.90 Å². The Morgan fingerprint density at radius 2 is 1.94 bits per heavy atom. The molecule has 1 atom stereocenters. The van der Waals surface area contributed by atoms with E-state index in [0.29, 0.717) is 12.7 Å². The Hall–Kier alpha value is -0.473. The molecule has 6 nitrogen and oxygen atoms in total. The van der Waals surface area contributed by atoms with Crippen molar-refractivity contribution < 1.29 is 18.1 Å². The van der Waals surface area contributed by atoms with Crippen LogP contribution in [0.25, 0.3) is 0 Å². The van der Waals surface area contributed by atoms with Crippen molar-refractivity contribution in [1.82, 2.24) is 4.90 Å². The van der Waals surface area contributed by atoms with Gasteiger partial charge in [-0.05, 0) is 19.4 Å². The Morgan fingerprint density at radius 3 is 2.41 bits per heavy atom. The fourth-order valence-corrected chi connectivity index (χ4v) is 3.87. The maximum Gasteiger partial charge on any atom is 0.514 e. The summed E-state index contributed by atoms with van der Waals surface area (Å²) in [4.78, 5) is 13.3. The van der Waals surface area contributed by atoms with Gasteiger partial charge in [-0.3, -0.25) is 9.69 Å². The van der Waals surface area contributed by atoms with Crippen LogP contribution in [0.4, 0.5) is 0 Å². The van der Waals surface area contributed by atoms with Gasteiger partial charge in [0, 0.05) is 27.9 Å². The van der Waals surface area contributed by atoms with Crippen LogP contribution in [0.5, 0.6) is 0 Å². The summed E-state index contributed by atoms with van der Waals surface area (Å²) >= 11 is 0. The number of carbonyl (C=O) groups is 1. The van der Waals surface area contributed by atoms with Crippen molar-refractivity contribution in [1.29, 1.82) is 0 Å². The summed E-state index contributed by atoms with van der Waals surface area (Å²) in [5.74, 6) is -0.296. The molecule has 0 aromatic rings. The lowest BCUT2D eigenvalue weighted by Crippen LogP contribution is -2.56. The van der Waals surface area contributed by atoms with Crippen LogP contribution in [-0.2, 0) is 18.1 Å².